The molecule has 10 aromatic rings. The Labute approximate surface area is 362 Å². The number of rotatable bonds is 5. The smallest absolute Gasteiger partial charge is 0.101 e. The van der Waals surface area contributed by atoms with E-state index >= 15 is 0 Å². The maximum absolute atomic E-state index is 10.5. The second kappa shape index (κ2) is 14.5. The lowest BCUT2D eigenvalue weighted by atomic mass is 9.86. The van der Waals surface area contributed by atoms with Crippen LogP contribution < -0.4 is 0 Å². The van der Waals surface area contributed by atoms with Gasteiger partial charge in [0, 0.05) is 67.6 Å². The summed E-state index contributed by atoms with van der Waals surface area (Å²) in [5.41, 5.74) is 15.3. The van der Waals surface area contributed by atoms with Crippen molar-refractivity contribution in [2.75, 3.05) is 0 Å². The minimum absolute atomic E-state index is 0.0304. The van der Waals surface area contributed by atoms with E-state index in [0.717, 1.165) is 61.3 Å². The molecule has 10 rings (SSSR count). The molecule has 0 atom stereocenters. The fourth-order valence-corrected chi connectivity index (χ4v) is 9.18. The molecule has 0 aliphatic rings. The Hall–Kier alpha value is -7.73. The Morgan fingerprint density at radius 1 is 0.435 bits per heavy atom. The van der Waals surface area contributed by atoms with Crippen molar-refractivity contribution in [1.29, 1.82) is 10.5 Å². The number of para-hydroxylation sites is 2. The van der Waals surface area contributed by atoms with Gasteiger partial charge in [0.05, 0.1) is 33.2 Å². The molecular weight excluding hydrogens is 755 g/mol. The predicted octanol–water partition coefficient (Wildman–Crippen LogP) is 14.6. The van der Waals surface area contributed by atoms with Gasteiger partial charge in [-0.2, -0.15) is 10.5 Å². The highest BCUT2D eigenvalue weighted by Gasteiger charge is 2.23. The van der Waals surface area contributed by atoms with E-state index in [4.69, 9.17) is 4.98 Å². The van der Waals surface area contributed by atoms with Crippen LogP contribution in [0.25, 0.3) is 88.4 Å². The highest BCUT2D eigenvalue weighted by Crippen LogP contribution is 2.43. The number of nitriles is 2. The molecule has 0 amide bonds. The normalized spacial score (nSPS) is 12.0. The van der Waals surface area contributed by atoms with Gasteiger partial charge in [-0.15, -0.1) is 0 Å². The van der Waals surface area contributed by atoms with Gasteiger partial charge in [0.2, 0.25) is 0 Å². The summed E-state index contributed by atoms with van der Waals surface area (Å²) >= 11 is 0. The highest BCUT2D eigenvalue weighted by molar-refractivity contribution is 6.10. The van der Waals surface area contributed by atoms with Gasteiger partial charge in [0.25, 0.3) is 0 Å². The predicted molar refractivity (Wildman–Crippen MR) is 256 cm³/mol. The standard InChI is InChI=1S/C57H45N5/c1-56(2,3)39-22-28-53-46(30-39)43-13-7-9-16-51(43)61(53)41-24-18-36(19-25-41)49-34-60-35-50(55(49)45-15-11-12-38(32-58)48(45)33-59)37-20-26-42(27-21-37)62-52-17-10-8-14-44(52)47-31-40(57(4,5)6)23-29-54(47)62/h7-31,34-35H,1-6H3. The molecule has 0 radical (unpaired) electrons. The third-order valence-electron chi connectivity index (χ3n) is 12.5. The first kappa shape index (κ1) is 38.5. The second-order valence-electron chi connectivity index (χ2n) is 18.3. The third kappa shape index (κ3) is 6.25. The van der Waals surface area contributed by atoms with E-state index in [0.29, 0.717) is 16.7 Å². The number of nitrogens with zero attached hydrogens (tertiary/aromatic N) is 5. The largest absolute Gasteiger partial charge is 0.309 e. The lowest BCUT2D eigenvalue weighted by Crippen LogP contribution is -2.10. The average Bonchev–Trinajstić information content (AvgIpc) is 3.80. The molecule has 298 valence electrons. The number of fused-ring (bicyclic) bond motifs is 6. The summed E-state index contributed by atoms with van der Waals surface area (Å²) < 4.78 is 4.67. The summed E-state index contributed by atoms with van der Waals surface area (Å²) in [7, 11) is 0. The van der Waals surface area contributed by atoms with Crippen LogP contribution >= 0.6 is 0 Å². The van der Waals surface area contributed by atoms with Gasteiger partial charge in [-0.05, 0) is 99.8 Å². The van der Waals surface area contributed by atoms with Crippen LogP contribution in [0.4, 0.5) is 0 Å². The lowest BCUT2D eigenvalue weighted by Gasteiger charge is -2.19. The van der Waals surface area contributed by atoms with Gasteiger partial charge >= 0.3 is 0 Å². The molecule has 5 nitrogen and oxygen atoms in total. The molecule has 0 fully saturated rings. The first-order valence-corrected chi connectivity index (χ1v) is 21.2. The van der Waals surface area contributed by atoms with Crippen LogP contribution in [0.3, 0.4) is 0 Å². The highest BCUT2D eigenvalue weighted by atomic mass is 15.0. The van der Waals surface area contributed by atoms with Crippen molar-refractivity contribution in [2.45, 2.75) is 52.4 Å². The van der Waals surface area contributed by atoms with E-state index in [1.165, 1.54) is 32.7 Å². The summed E-state index contributed by atoms with van der Waals surface area (Å²) in [5.74, 6) is 0. The van der Waals surface area contributed by atoms with Gasteiger partial charge in [-0.25, -0.2) is 0 Å². The molecule has 0 bridgehead atoms. The maximum Gasteiger partial charge on any atom is 0.101 e. The van der Waals surface area contributed by atoms with Crippen molar-refractivity contribution < 1.29 is 0 Å². The monoisotopic (exact) mass is 799 g/mol. The molecule has 0 saturated carbocycles. The van der Waals surface area contributed by atoms with Crippen LogP contribution in [0.5, 0.6) is 0 Å². The summed E-state index contributed by atoms with van der Waals surface area (Å²) in [6, 6.07) is 58.2. The number of hydrogen-bond donors (Lipinski definition) is 0. The molecule has 0 aliphatic heterocycles. The van der Waals surface area contributed by atoms with Crippen molar-refractivity contribution in [3.8, 4) is 56.9 Å². The molecule has 5 heteroatoms. The van der Waals surface area contributed by atoms with Crippen molar-refractivity contribution in [3.63, 3.8) is 0 Å². The van der Waals surface area contributed by atoms with Gasteiger partial charge in [-0.1, -0.05) is 126 Å². The van der Waals surface area contributed by atoms with Crippen LogP contribution in [-0.4, -0.2) is 14.1 Å². The summed E-state index contributed by atoms with van der Waals surface area (Å²) in [6.07, 6.45) is 3.75. The Kier molecular flexibility index (Phi) is 8.98. The van der Waals surface area contributed by atoms with Crippen LogP contribution in [-0.2, 0) is 10.8 Å². The SMILES string of the molecule is CC(C)(C)c1ccc2c(c1)c1ccccc1n2-c1ccc(-c2cncc(-c3ccc(-n4c5ccccc5c5cc(C(C)(C)C)ccc54)cc3)c2-c2cccc(C#N)c2C#N)cc1. The van der Waals surface area contributed by atoms with Crippen molar-refractivity contribution in [1.82, 2.24) is 14.1 Å². The molecule has 0 aliphatic carbocycles. The van der Waals surface area contributed by atoms with Crippen LogP contribution in [0, 0.1) is 22.7 Å². The molecule has 3 aromatic heterocycles. The number of aromatic nitrogens is 3. The van der Waals surface area contributed by atoms with E-state index < -0.39 is 0 Å². The first-order chi connectivity index (χ1) is 29.9. The number of benzene rings is 7. The van der Waals surface area contributed by atoms with Crippen LogP contribution in [0.2, 0.25) is 0 Å². The van der Waals surface area contributed by atoms with E-state index in [1.807, 2.05) is 24.5 Å². The van der Waals surface area contributed by atoms with Gasteiger partial charge < -0.3 is 9.13 Å². The second-order valence-corrected chi connectivity index (χ2v) is 18.3. The van der Waals surface area contributed by atoms with Crippen molar-refractivity contribution in [3.05, 3.63) is 186 Å². The van der Waals surface area contributed by atoms with Crippen molar-refractivity contribution >= 4 is 43.6 Å². The number of pyridine rings is 1. The molecule has 7 aromatic carbocycles. The quantitative estimate of drug-likeness (QED) is 0.174. The Bertz CT molecular complexity index is 3290. The Morgan fingerprint density at radius 3 is 1.32 bits per heavy atom. The van der Waals surface area contributed by atoms with Crippen molar-refractivity contribution in [2.24, 2.45) is 0 Å². The zero-order valence-electron chi connectivity index (χ0n) is 35.8. The lowest BCUT2D eigenvalue weighted by molar-refractivity contribution is 0.591. The molecule has 62 heavy (non-hydrogen) atoms. The van der Waals surface area contributed by atoms with E-state index in [1.54, 1.807) is 6.07 Å². The maximum atomic E-state index is 10.5. The summed E-state index contributed by atoms with van der Waals surface area (Å²) in [4.78, 5) is 4.83. The molecule has 3 heterocycles. The minimum atomic E-state index is 0.0304. The van der Waals surface area contributed by atoms with Gasteiger partial charge in [-0.3, -0.25) is 4.98 Å². The molecule has 0 spiro atoms. The molecule has 0 saturated heterocycles. The molecule has 0 N–H and O–H groups in total. The van der Waals surface area contributed by atoms with Crippen LogP contribution in [0.15, 0.2) is 164 Å². The topological polar surface area (TPSA) is 70.3 Å². The van der Waals surface area contributed by atoms with E-state index in [9.17, 15) is 10.5 Å². The molecular formula is C57H45N5. The molecule has 0 unspecified atom stereocenters. The Balaban J connectivity index is 1.12. The van der Waals surface area contributed by atoms with E-state index in [2.05, 4.69) is 196 Å². The zero-order valence-corrected chi connectivity index (χ0v) is 35.8. The Morgan fingerprint density at radius 2 is 0.887 bits per heavy atom. The number of hydrogen-bond acceptors (Lipinski definition) is 3. The summed E-state index contributed by atoms with van der Waals surface area (Å²) in [5, 5.41) is 25.6. The first-order valence-electron chi connectivity index (χ1n) is 21.2. The average molecular weight is 800 g/mol. The zero-order chi connectivity index (χ0) is 42.9. The van der Waals surface area contributed by atoms with Crippen LogP contribution in [0.1, 0.15) is 63.8 Å². The summed E-state index contributed by atoms with van der Waals surface area (Å²) in [6.45, 7) is 13.5. The van der Waals surface area contributed by atoms with Gasteiger partial charge in [0.15, 0.2) is 0 Å². The van der Waals surface area contributed by atoms with E-state index in [-0.39, 0.29) is 10.8 Å². The van der Waals surface area contributed by atoms with Gasteiger partial charge in [0.1, 0.15) is 12.1 Å². The third-order valence-corrected chi connectivity index (χ3v) is 12.5. The minimum Gasteiger partial charge on any atom is -0.309 e. The fourth-order valence-electron chi connectivity index (χ4n) is 9.18. The fraction of sp³-hybridized carbons (Fsp3) is 0.140.